The van der Waals surface area contributed by atoms with Crippen LogP contribution in [-0.4, -0.2) is 27.2 Å². The summed E-state index contributed by atoms with van der Waals surface area (Å²) in [4.78, 5) is 0. The van der Waals surface area contributed by atoms with Crippen LogP contribution < -0.4 is 10.6 Å². The number of aryl methyl sites for hydroxylation is 2. The average Bonchev–Trinajstić information content (AvgIpc) is 2.80. The molecule has 1 aromatic heterocycles. The summed E-state index contributed by atoms with van der Waals surface area (Å²) in [7, 11) is 0. The number of aromatic nitrogens is 3. The Labute approximate surface area is 129 Å². The molecule has 0 aliphatic rings. The molecule has 0 amide bonds. The minimum atomic E-state index is -4.62. The Hall–Kier alpha value is -1.90. The summed E-state index contributed by atoms with van der Waals surface area (Å²) in [6.45, 7) is 4.20. The zero-order valence-electron chi connectivity index (χ0n) is 12.0. The van der Waals surface area contributed by atoms with Crippen LogP contribution in [0.25, 0.3) is 0 Å². The Morgan fingerprint density at radius 3 is 2.64 bits per heavy atom. The summed E-state index contributed by atoms with van der Waals surface area (Å²) in [6.07, 6.45) is -4.62. The largest absolute Gasteiger partial charge is 0.492 e. The minimum absolute atomic E-state index is 0.00288. The lowest BCUT2D eigenvalue weighted by molar-refractivity contribution is -0.146. The Kier molecular flexibility index (Phi) is 4.84. The summed E-state index contributed by atoms with van der Waals surface area (Å²) in [5.41, 5.74) is 2.07. The summed E-state index contributed by atoms with van der Waals surface area (Å²) in [5, 5.41) is 6.48. The predicted molar refractivity (Wildman–Crippen MR) is 77.3 cm³/mol. The molecule has 2 rings (SSSR count). The number of nitrogens with zero attached hydrogens (tertiary/aromatic N) is 3. The third-order valence-corrected chi connectivity index (χ3v) is 3.74. The molecule has 0 saturated heterocycles. The third-order valence-electron chi connectivity index (χ3n) is 2.83. The van der Waals surface area contributed by atoms with Crippen molar-refractivity contribution in [2.45, 2.75) is 25.2 Å². The molecule has 0 unspecified atom stereocenters. The van der Waals surface area contributed by atoms with Gasteiger partial charge in [0.1, 0.15) is 5.75 Å². The Balaban J connectivity index is 1.90. The quantitative estimate of drug-likeness (QED) is 0.518. The average molecular weight is 332 g/mol. The first-order valence-corrected chi connectivity index (χ1v) is 7.38. The lowest BCUT2D eigenvalue weighted by Crippen LogP contribution is -2.21. The van der Waals surface area contributed by atoms with Crippen LogP contribution in [0.5, 0.6) is 5.75 Å². The zero-order valence-corrected chi connectivity index (χ0v) is 12.8. The van der Waals surface area contributed by atoms with Gasteiger partial charge < -0.3 is 10.6 Å². The highest BCUT2D eigenvalue weighted by atomic mass is 32.2. The number of thioether (sulfide) groups is 1. The fraction of sp³-hybridized carbons (Fsp3) is 0.385. The van der Waals surface area contributed by atoms with Crippen LogP contribution in [0, 0.1) is 13.8 Å². The summed E-state index contributed by atoms with van der Waals surface area (Å²) >= 11 is 1.05. The molecule has 0 aliphatic heterocycles. The van der Waals surface area contributed by atoms with Crippen molar-refractivity contribution in [2.75, 3.05) is 18.2 Å². The molecule has 1 heterocycles. The molecule has 2 aromatic rings. The van der Waals surface area contributed by atoms with Gasteiger partial charge in [-0.15, -0.1) is 10.2 Å². The normalized spacial score (nSPS) is 11.7. The number of nitrogens with two attached hydrogens (primary N) is 1. The zero-order chi connectivity index (χ0) is 16.3. The summed E-state index contributed by atoms with van der Waals surface area (Å²) in [5.74, 6) is 5.28. The van der Waals surface area contributed by atoms with E-state index in [2.05, 4.69) is 10.2 Å². The maximum absolute atomic E-state index is 12.5. The van der Waals surface area contributed by atoms with Gasteiger partial charge in [-0.05, 0) is 31.0 Å². The van der Waals surface area contributed by atoms with E-state index in [9.17, 15) is 13.2 Å². The number of hydrogen-bond acceptors (Lipinski definition) is 5. The topological polar surface area (TPSA) is 66.0 Å². The lowest BCUT2D eigenvalue weighted by atomic mass is 10.1. The van der Waals surface area contributed by atoms with E-state index in [4.69, 9.17) is 10.6 Å². The summed E-state index contributed by atoms with van der Waals surface area (Å²) in [6, 6.07) is 5.84. The van der Waals surface area contributed by atoms with E-state index in [0.29, 0.717) is 17.0 Å². The molecule has 2 N–H and O–H groups in total. The molecule has 120 valence electrons. The van der Waals surface area contributed by atoms with E-state index in [1.807, 2.05) is 32.0 Å². The fourth-order valence-corrected chi connectivity index (χ4v) is 2.39. The lowest BCUT2D eigenvalue weighted by Gasteiger charge is -2.09. The molecule has 0 bridgehead atoms. The first-order valence-electron chi connectivity index (χ1n) is 6.39. The van der Waals surface area contributed by atoms with Crippen LogP contribution in [0.4, 0.5) is 13.2 Å². The highest BCUT2D eigenvalue weighted by molar-refractivity contribution is 7.99. The third kappa shape index (κ3) is 3.85. The molecule has 0 fully saturated rings. The number of ether oxygens (including phenoxy) is 1. The van der Waals surface area contributed by atoms with Crippen molar-refractivity contribution in [2.24, 2.45) is 0 Å². The van der Waals surface area contributed by atoms with Crippen LogP contribution >= 0.6 is 11.8 Å². The van der Waals surface area contributed by atoms with E-state index in [-0.39, 0.29) is 5.16 Å². The van der Waals surface area contributed by atoms with Crippen LogP contribution in [0.3, 0.4) is 0 Å². The van der Waals surface area contributed by atoms with Crippen LogP contribution in [0.1, 0.15) is 17.0 Å². The summed E-state index contributed by atoms with van der Waals surface area (Å²) < 4.78 is 43.6. The van der Waals surface area contributed by atoms with Crippen molar-refractivity contribution in [3.05, 3.63) is 35.2 Å². The molecule has 22 heavy (non-hydrogen) atoms. The van der Waals surface area contributed by atoms with Gasteiger partial charge in [0.25, 0.3) is 5.82 Å². The van der Waals surface area contributed by atoms with Crippen molar-refractivity contribution < 1.29 is 17.9 Å². The second-order valence-electron chi connectivity index (χ2n) is 4.64. The van der Waals surface area contributed by atoms with Crippen molar-refractivity contribution in [3.8, 4) is 5.75 Å². The van der Waals surface area contributed by atoms with Gasteiger partial charge in [0, 0.05) is 5.75 Å². The van der Waals surface area contributed by atoms with Gasteiger partial charge in [0.2, 0.25) is 5.16 Å². The van der Waals surface area contributed by atoms with Gasteiger partial charge in [-0.2, -0.15) is 13.2 Å². The molecule has 0 atom stereocenters. The standard InChI is InChI=1S/C13H15F3N4OS/c1-8-3-4-9(2)10(7-8)21-5-6-22-12-19-18-11(20(12)17)13(14,15)16/h3-4,7H,5-6,17H2,1-2H3. The van der Waals surface area contributed by atoms with Crippen LogP contribution in [0.2, 0.25) is 0 Å². The Morgan fingerprint density at radius 1 is 1.27 bits per heavy atom. The number of nitrogen functional groups attached to an aromatic ring is 1. The van der Waals surface area contributed by atoms with Crippen LogP contribution in [-0.2, 0) is 6.18 Å². The first-order chi connectivity index (χ1) is 10.3. The molecule has 0 aliphatic carbocycles. The van der Waals surface area contributed by atoms with E-state index in [1.165, 1.54) is 0 Å². The second-order valence-corrected chi connectivity index (χ2v) is 5.70. The van der Waals surface area contributed by atoms with Crippen LogP contribution in [0.15, 0.2) is 23.4 Å². The first kappa shape index (κ1) is 16.5. The van der Waals surface area contributed by atoms with Gasteiger partial charge in [-0.1, -0.05) is 23.9 Å². The molecule has 0 radical (unpaired) electrons. The van der Waals surface area contributed by atoms with E-state index >= 15 is 0 Å². The smallest absolute Gasteiger partial charge is 0.453 e. The Morgan fingerprint density at radius 2 is 2.00 bits per heavy atom. The molecule has 0 saturated carbocycles. The monoisotopic (exact) mass is 332 g/mol. The molecule has 9 heteroatoms. The van der Waals surface area contributed by atoms with E-state index in [1.54, 1.807) is 0 Å². The molecule has 5 nitrogen and oxygen atoms in total. The predicted octanol–water partition coefficient (Wildman–Crippen LogP) is 2.80. The molecule has 1 aromatic carbocycles. The van der Waals surface area contributed by atoms with Gasteiger partial charge in [-0.3, -0.25) is 0 Å². The van der Waals surface area contributed by atoms with Crippen molar-refractivity contribution >= 4 is 11.8 Å². The highest BCUT2D eigenvalue weighted by Crippen LogP contribution is 2.28. The van der Waals surface area contributed by atoms with Gasteiger partial charge in [0.05, 0.1) is 6.61 Å². The van der Waals surface area contributed by atoms with Crippen molar-refractivity contribution in [1.29, 1.82) is 0 Å². The van der Waals surface area contributed by atoms with Crippen molar-refractivity contribution in [1.82, 2.24) is 14.9 Å². The molecule has 0 spiro atoms. The second kappa shape index (κ2) is 6.47. The maximum atomic E-state index is 12.5. The van der Waals surface area contributed by atoms with E-state index in [0.717, 1.165) is 28.6 Å². The van der Waals surface area contributed by atoms with Gasteiger partial charge in [-0.25, -0.2) is 4.68 Å². The highest BCUT2D eigenvalue weighted by Gasteiger charge is 2.38. The fourth-order valence-electron chi connectivity index (χ4n) is 1.72. The number of hydrogen-bond donors (Lipinski definition) is 1. The maximum Gasteiger partial charge on any atom is 0.453 e. The van der Waals surface area contributed by atoms with Gasteiger partial charge >= 0.3 is 6.18 Å². The minimum Gasteiger partial charge on any atom is -0.492 e. The molecular weight excluding hydrogens is 317 g/mol. The number of benzene rings is 1. The number of halogens is 3. The molecular formula is C13H15F3N4OS. The number of alkyl halides is 3. The number of rotatable bonds is 5. The van der Waals surface area contributed by atoms with E-state index < -0.39 is 12.0 Å². The SMILES string of the molecule is Cc1ccc(C)c(OCCSc2nnc(C(F)(F)F)n2N)c1. The van der Waals surface area contributed by atoms with Crippen molar-refractivity contribution in [3.63, 3.8) is 0 Å². The van der Waals surface area contributed by atoms with Gasteiger partial charge in [0.15, 0.2) is 0 Å². The Bertz CT molecular complexity index is 657.